The van der Waals surface area contributed by atoms with Crippen LogP contribution in [0.4, 0.5) is 0 Å². The first-order chi connectivity index (χ1) is 24.9. The molecule has 0 spiro atoms. The minimum absolute atomic E-state index is 0.161. The lowest BCUT2D eigenvalue weighted by Gasteiger charge is -2.25. The zero-order valence-corrected chi connectivity index (χ0v) is 29.2. The summed E-state index contributed by atoms with van der Waals surface area (Å²) in [6, 6.07) is 40.3. The van der Waals surface area contributed by atoms with Gasteiger partial charge < -0.3 is 9.15 Å². The first kappa shape index (κ1) is 28.8. The van der Waals surface area contributed by atoms with Crippen LogP contribution in [0.1, 0.15) is 41.7 Å². The molecule has 11 rings (SSSR count). The number of hydrogen-bond acceptors (Lipinski definition) is 2. The molecule has 51 heavy (non-hydrogen) atoms. The molecule has 4 nitrogen and oxygen atoms in total. The number of aryl methyl sites for hydroxylation is 1. The standard InChI is InChI=1S/C47H36N2O2/c1-27-16-18-49-41(19-27)34-25-38-32-9-5-6-11-44(32)51-45(38)23-30(34)22-43(49)42-21-29-20-37-33-15-13-28-12-14-31(50-4)24-36(28)46(33)47(2,3)39(37)26-35(29)40-10-7-8-17-48(40)42/h5-20,23-26H,21-22H2,1-4H3/q+2/b43-42+. The molecule has 0 N–H and O–H groups in total. The van der Waals surface area contributed by atoms with Crippen molar-refractivity contribution in [2.24, 2.45) is 0 Å². The highest BCUT2D eigenvalue weighted by molar-refractivity contribution is 6.07. The fourth-order valence-electron chi connectivity index (χ4n) is 9.39. The third-order valence-corrected chi connectivity index (χ3v) is 11.8. The molecule has 0 bridgehead atoms. The second-order valence-electron chi connectivity index (χ2n) is 15.0. The highest BCUT2D eigenvalue weighted by atomic mass is 16.5. The molecule has 0 fully saturated rings. The Bertz CT molecular complexity index is 2890. The number of fused-ring (bicyclic) bond motifs is 14. The summed E-state index contributed by atoms with van der Waals surface area (Å²) in [5.74, 6) is 0.895. The molecule has 5 aromatic carbocycles. The van der Waals surface area contributed by atoms with E-state index in [4.69, 9.17) is 9.15 Å². The number of allylic oxidation sites excluding steroid dienone is 2. The van der Waals surface area contributed by atoms with E-state index < -0.39 is 0 Å². The van der Waals surface area contributed by atoms with Crippen LogP contribution in [0.15, 0.2) is 126 Å². The van der Waals surface area contributed by atoms with Crippen molar-refractivity contribution >= 4 is 44.1 Å². The summed E-state index contributed by atoms with van der Waals surface area (Å²) >= 11 is 0. The van der Waals surface area contributed by atoms with Gasteiger partial charge in [-0.25, -0.2) is 0 Å². The molecule has 244 valence electrons. The Morgan fingerprint density at radius 1 is 0.608 bits per heavy atom. The van der Waals surface area contributed by atoms with Crippen molar-refractivity contribution in [3.05, 3.63) is 149 Å². The number of pyridine rings is 2. The third kappa shape index (κ3) is 3.90. The lowest BCUT2D eigenvalue weighted by molar-refractivity contribution is -0.602. The molecule has 8 aromatic rings. The minimum atomic E-state index is -0.161. The molecule has 2 aliphatic heterocycles. The van der Waals surface area contributed by atoms with Crippen molar-refractivity contribution < 1.29 is 18.3 Å². The zero-order valence-electron chi connectivity index (χ0n) is 29.2. The molecule has 3 aromatic heterocycles. The molecule has 0 unspecified atom stereocenters. The maximum Gasteiger partial charge on any atom is 0.259 e. The summed E-state index contributed by atoms with van der Waals surface area (Å²) in [6.07, 6.45) is 6.16. The molecule has 3 aliphatic rings. The van der Waals surface area contributed by atoms with Gasteiger partial charge >= 0.3 is 0 Å². The van der Waals surface area contributed by atoms with E-state index in [1.807, 2.05) is 6.07 Å². The van der Waals surface area contributed by atoms with E-state index in [9.17, 15) is 0 Å². The normalized spacial score (nSPS) is 16.4. The Hall–Kier alpha value is -6.00. The Labute approximate surface area is 296 Å². The summed E-state index contributed by atoms with van der Waals surface area (Å²) in [5, 5.41) is 4.85. The van der Waals surface area contributed by atoms with Crippen molar-refractivity contribution in [1.29, 1.82) is 0 Å². The van der Waals surface area contributed by atoms with Crippen LogP contribution in [0, 0.1) is 6.92 Å². The second-order valence-corrected chi connectivity index (χ2v) is 15.0. The van der Waals surface area contributed by atoms with Crippen LogP contribution in [0.25, 0.3) is 77.7 Å². The van der Waals surface area contributed by atoms with E-state index in [-0.39, 0.29) is 5.41 Å². The molecule has 0 atom stereocenters. The van der Waals surface area contributed by atoms with Crippen LogP contribution in [0.3, 0.4) is 0 Å². The molecular weight excluding hydrogens is 625 g/mol. The highest BCUT2D eigenvalue weighted by Crippen LogP contribution is 2.53. The van der Waals surface area contributed by atoms with Gasteiger partial charge in [0.2, 0.25) is 11.4 Å². The van der Waals surface area contributed by atoms with Crippen molar-refractivity contribution in [3.8, 4) is 39.4 Å². The number of hydrogen-bond donors (Lipinski definition) is 0. The fourth-order valence-corrected chi connectivity index (χ4v) is 9.39. The Kier molecular flexibility index (Phi) is 5.67. The van der Waals surface area contributed by atoms with E-state index in [0.717, 1.165) is 35.1 Å². The highest BCUT2D eigenvalue weighted by Gasteiger charge is 2.42. The van der Waals surface area contributed by atoms with Gasteiger partial charge in [-0.05, 0) is 105 Å². The van der Waals surface area contributed by atoms with E-state index in [1.165, 1.54) is 89.0 Å². The van der Waals surface area contributed by atoms with Gasteiger partial charge in [-0.2, -0.15) is 9.13 Å². The molecular formula is C47H36N2O2+2. The molecule has 1 aliphatic carbocycles. The van der Waals surface area contributed by atoms with Gasteiger partial charge in [0.05, 0.1) is 31.1 Å². The lowest BCUT2D eigenvalue weighted by Crippen LogP contribution is -2.47. The van der Waals surface area contributed by atoms with Gasteiger partial charge in [0, 0.05) is 40.5 Å². The second kappa shape index (κ2) is 10.0. The van der Waals surface area contributed by atoms with Crippen molar-refractivity contribution in [2.75, 3.05) is 7.11 Å². The van der Waals surface area contributed by atoms with Crippen LogP contribution < -0.4 is 13.9 Å². The third-order valence-electron chi connectivity index (χ3n) is 11.8. The van der Waals surface area contributed by atoms with Crippen molar-refractivity contribution in [1.82, 2.24) is 0 Å². The first-order valence-electron chi connectivity index (χ1n) is 17.9. The van der Waals surface area contributed by atoms with Crippen LogP contribution >= 0.6 is 0 Å². The number of ether oxygens (including phenoxy) is 1. The van der Waals surface area contributed by atoms with E-state index >= 15 is 0 Å². The molecule has 0 saturated heterocycles. The van der Waals surface area contributed by atoms with Gasteiger partial charge in [-0.1, -0.05) is 50.2 Å². The van der Waals surface area contributed by atoms with Crippen LogP contribution in [-0.2, 0) is 18.3 Å². The SMILES string of the molecule is COc1ccc2ccc3c(c2c1)C(C)(C)c1cc2c(cc1-3)C/C(=C1/Cc3cc4oc5ccccc5c4cc3-c3cc(C)cc[n+]31)[n+]1ccccc1-2. The predicted octanol–water partition coefficient (Wildman–Crippen LogP) is 10.2. The average molecular weight is 661 g/mol. The molecule has 0 saturated carbocycles. The summed E-state index contributed by atoms with van der Waals surface area (Å²) < 4.78 is 17.0. The quantitative estimate of drug-likeness (QED) is 0.164. The zero-order chi connectivity index (χ0) is 34.2. The number of furan rings is 1. The van der Waals surface area contributed by atoms with E-state index in [1.54, 1.807) is 7.11 Å². The first-order valence-corrected chi connectivity index (χ1v) is 17.9. The number of methoxy groups -OCH3 is 1. The van der Waals surface area contributed by atoms with Gasteiger partial charge in [0.15, 0.2) is 12.4 Å². The smallest absolute Gasteiger partial charge is 0.259 e. The summed E-state index contributed by atoms with van der Waals surface area (Å²) in [6.45, 7) is 6.95. The number of para-hydroxylation sites is 1. The van der Waals surface area contributed by atoms with E-state index in [2.05, 4.69) is 145 Å². The predicted molar refractivity (Wildman–Crippen MR) is 205 cm³/mol. The van der Waals surface area contributed by atoms with Crippen molar-refractivity contribution in [3.63, 3.8) is 0 Å². The Morgan fingerprint density at radius 2 is 1.37 bits per heavy atom. The maximum atomic E-state index is 6.41. The molecule has 4 heteroatoms. The number of rotatable bonds is 1. The van der Waals surface area contributed by atoms with E-state index in [0.29, 0.717) is 0 Å². The average Bonchev–Trinajstić information content (AvgIpc) is 3.63. The molecule has 5 heterocycles. The topological polar surface area (TPSA) is 30.1 Å². The van der Waals surface area contributed by atoms with Gasteiger partial charge in [-0.15, -0.1) is 0 Å². The van der Waals surface area contributed by atoms with Gasteiger partial charge in [-0.3, -0.25) is 0 Å². The number of aromatic nitrogens is 2. The van der Waals surface area contributed by atoms with Crippen molar-refractivity contribution in [2.45, 2.75) is 39.0 Å². The number of nitrogens with zero attached hydrogens (tertiary/aromatic N) is 2. The largest absolute Gasteiger partial charge is 0.497 e. The van der Waals surface area contributed by atoms with Crippen LogP contribution in [0.2, 0.25) is 0 Å². The summed E-state index contributed by atoms with van der Waals surface area (Å²) in [4.78, 5) is 0. The van der Waals surface area contributed by atoms with Crippen LogP contribution in [-0.4, -0.2) is 7.11 Å². The Morgan fingerprint density at radius 3 is 2.24 bits per heavy atom. The Balaban J connectivity index is 1.13. The minimum Gasteiger partial charge on any atom is -0.497 e. The maximum absolute atomic E-state index is 6.41. The lowest BCUT2D eigenvalue weighted by atomic mass is 9.79. The molecule has 0 radical (unpaired) electrons. The summed E-state index contributed by atoms with van der Waals surface area (Å²) in [7, 11) is 1.75. The van der Waals surface area contributed by atoms with Gasteiger partial charge in [0.25, 0.3) is 11.4 Å². The summed E-state index contributed by atoms with van der Waals surface area (Å²) in [5.41, 5.74) is 18.7. The van der Waals surface area contributed by atoms with Gasteiger partial charge in [0.1, 0.15) is 16.9 Å². The monoisotopic (exact) mass is 660 g/mol. The number of benzene rings is 5. The van der Waals surface area contributed by atoms with Crippen LogP contribution in [0.5, 0.6) is 5.75 Å². The fraction of sp³-hybridized carbons (Fsp3) is 0.149. The molecule has 0 amide bonds.